The molecule has 0 saturated heterocycles. The molecule has 10 heteroatoms. The molecule has 0 unspecified atom stereocenters. The molecule has 0 bridgehead atoms. The van der Waals surface area contributed by atoms with Gasteiger partial charge in [-0.15, -0.1) is 0 Å². The van der Waals surface area contributed by atoms with Gasteiger partial charge < -0.3 is 5.11 Å². The van der Waals surface area contributed by atoms with E-state index in [2.05, 4.69) is 10.1 Å². The molecule has 0 fully saturated rings. The molecule has 0 aliphatic carbocycles. The third-order valence-electron chi connectivity index (χ3n) is 5.53. The monoisotopic (exact) mass is 505 g/mol. The summed E-state index contributed by atoms with van der Waals surface area (Å²) < 4.78 is 32.8. The molecule has 3 aromatic carbocycles. The Morgan fingerprint density at radius 3 is 2.19 bits per heavy atom. The number of rotatable bonds is 7. The van der Waals surface area contributed by atoms with Crippen LogP contribution in [0.5, 0.6) is 0 Å². The Kier molecular flexibility index (Phi) is 6.73. The minimum Gasteiger partial charge on any atom is -0.478 e. The van der Waals surface area contributed by atoms with Crippen molar-refractivity contribution in [2.45, 2.75) is 19.6 Å². The Balaban J connectivity index is 1.84. The first-order chi connectivity index (χ1) is 17.0. The van der Waals surface area contributed by atoms with E-state index < -0.39 is 21.8 Å². The number of hydrogen-bond donors (Lipinski definition) is 3. The Morgan fingerprint density at radius 2 is 1.61 bits per heavy atom. The van der Waals surface area contributed by atoms with Crippen LogP contribution < -0.4 is 5.56 Å². The molecule has 0 radical (unpaired) electrons. The van der Waals surface area contributed by atoms with Crippen molar-refractivity contribution >= 4 is 28.0 Å². The number of nitrogens with one attached hydrogen (secondary N) is 1. The summed E-state index contributed by atoms with van der Waals surface area (Å²) in [5.41, 5.74) is 3.66. The molecule has 0 spiro atoms. The van der Waals surface area contributed by atoms with Crippen molar-refractivity contribution in [3.05, 3.63) is 105 Å². The Bertz CT molecular complexity index is 1630. The van der Waals surface area contributed by atoms with Crippen LogP contribution in [-0.4, -0.2) is 40.0 Å². The first-order valence-corrected chi connectivity index (χ1v) is 12.5. The minimum atomic E-state index is -4.34. The van der Waals surface area contributed by atoms with E-state index in [-0.39, 0.29) is 27.9 Å². The number of benzene rings is 3. The summed E-state index contributed by atoms with van der Waals surface area (Å²) in [6.07, 6.45) is 1.29. The minimum absolute atomic E-state index is 0.0268. The van der Waals surface area contributed by atoms with Gasteiger partial charge in [0.05, 0.1) is 28.2 Å². The van der Waals surface area contributed by atoms with Crippen molar-refractivity contribution in [1.82, 2.24) is 9.78 Å². The van der Waals surface area contributed by atoms with Crippen molar-refractivity contribution in [1.29, 1.82) is 0 Å². The number of carbonyl (C=O) groups is 1. The highest BCUT2D eigenvalue weighted by molar-refractivity contribution is 7.85. The molecule has 3 N–H and O–H groups in total. The van der Waals surface area contributed by atoms with E-state index in [1.165, 1.54) is 23.0 Å². The number of aromatic amines is 1. The lowest BCUT2D eigenvalue weighted by atomic mass is 10.1. The highest BCUT2D eigenvalue weighted by atomic mass is 32.2. The highest BCUT2D eigenvalue weighted by Gasteiger charge is 2.17. The summed E-state index contributed by atoms with van der Waals surface area (Å²) in [7, 11) is -4.34. The van der Waals surface area contributed by atoms with Crippen molar-refractivity contribution in [2.75, 3.05) is 0 Å². The van der Waals surface area contributed by atoms with Gasteiger partial charge in [-0.1, -0.05) is 53.6 Å². The van der Waals surface area contributed by atoms with Crippen LogP contribution in [0.2, 0.25) is 0 Å². The Labute approximate surface area is 207 Å². The fraction of sp³-hybridized carbons (Fsp3) is 0.115. The van der Waals surface area contributed by atoms with Gasteiger partial charge in [-0.25, -0.2) is 9.48 Å². The summed E-state index contributed by atoms with van der Waals surface area (Å²) in [5.74, 6) is -2.06. The predicted octanol–water partition coefficient (Wildman–Crippen LogP) is 4.29. The lowest BCUT2D eigenvalue weighted by Crippen LogP contribution is -2.17. The molecule has 9 nitrogen and oxygen atoms in total. The number of carboxylic acid groups (broad SMARTS) is 1. The van der Waals surface area contributed by atoms with Gasteiger partial charge in [0, 0.05) is 11.8 Å². The second-order valence-electron chi connectivity index (χ2n) is 8.38. The largest absolute Gasteiger partial charge is 0.478 e. The molecule has 0 saturated carbocycles. The number of aromatic carboxylic acids is 1. The number of aryl methyl sites for hydroxylation is 2. The molecule has 36 heavy (non-hydrogen) atoms. The second-order valence-corrected chi connectivity index (χ2v) is 9.84. The number of aliphatic imine (C=N–C) groups is 1. The summed E-state index contributed by atoms with van der Waals surface area (Å²) >= 11 is 0. The van der Waals surface area contributed by atoms with Gasteiger partial charge in [0.1, 0.15) is 5.75 Å². The summed E-state index contributed by atoms with van der Waals surface area (Å²) in [6, 6.07) is 18.8. The van der Waals surface area contributed by atoms with Crippen LogP contribution in [0, 0.1) is 13.8 Å². The first kappa shape index (κ1) is 24.8. The maximum Gasteiger partial charge on any atom is 0.337 e. The molecule has 1 aromatic heterocycles. The van der Waals surface area contributed by atoms with Crippen molar-refractivity contribution in [3.63, 3.8) is 0 Å². The number of hydrogen-bond acceptors (Lipinski definition) is 5. The van der Waals surface area contributed by atoms with Gasteiger partial charge >= 0.3 is 5.97 Å². The van der Waals surface area contributed by atoms with Crippen LogP contribution in [0.4, 0.5) is 5.69 Å². The van der Waals surface area contributed by atoms with Gasteiger partial charge in [-0.3, -0.25) is 19.4 Å². The van der Waals surface area contributed by atoms with E-state index in [1.54, 1.807) is 0 Å². The fourth-order valence-electron chi connectivity index (χ4n) is 3.69. The molecular formula is C26H23N3O6S. The number of nitrogens with zero attached hydrogens (tertiary/aromatic N) is 2. The molecule has 0 aliphatic rings. The molecule has 184 valence electrons. The molecule has 0 atom stereocenters. The zero-order chi connectivity index (χ0) is 26.0. The van der Waals surface area contributed by atoms with E-state index >= 15 is 0 Å². The molecule has 4 aromatic rings. The smallest absolute Gasteiger partial charge is 0.337 e. The lowest BCUT2D eigenvalue weighted by Gasteiger charge is -2.05. The quantitative estimate of drug-likeness (QED) is 0.253. The average Bonchev–Trinajstić information content (AvgIpc) is 3.14. The fourth-order valence-corrected chi connectivity index (χ4v) is 4.29. The van der Waals surface area contributed by atoms with Gasteiger partial charge in [0.15, 0.2) is 0 Å². The Morgan fingerprint density at radius 1 is 1.00 bits per heavy atom. The molecule has 0 aliphatic heterocycles. The summed E-state index contributed by atoms with van der Waals surface area (Å²) in [6.45, 7) is 3.89. The van der Waals surface area contributed by atoms with E-state index in [0.717, 1.165) is 22.8 Å². The standard InChI is InChI=1S/C26H23N3O6S/c1-16-3-8-19(9-4-16)24-22(25(30)29(28-24)20-10-5-17(2)6-11-20)14-27-23-12-7-18(15-36(33,34)35)13-21(23)26(31)32/h3-14,28H,15H2,1-2H3,(H,31,32)(H,33,34,35). The van der Waals surface area contributed by atoms with Crippen molar-refractivity contribution in [2.24, 2.45) is 4.99 Å². The Hall–Kier alpha value is -4.28. The molecule has 1 heterocycles. The third-order valence-corrected chi connectivity index (χ3v) is 6.23. The van der Waals surface area contributed by atoms with Crippen LogP contribution >= 0.6 is 0 Å². The predicted molar refractivity (Wildman–Crippen MR) is 137 cm³/mol. The third kappa shape index (κ3) is 5.51. The van der Waals surface area contributed by atoms with Gasteiger partial charge in [-0.2, -0.15) is 8.42 Å². The highest BCUT2D eigenvalue weighted by Crippen LogP contribution is 2.24. The van der Waals surface area contributed by atoms with Gasteiger partial charge in [0.25, 0.3) is 15.7 Å². The number of carboxylic acids is 1. The van der Waals surface area contributed by atoms with Crippen LogP contribution in [0.15, 0.2) is 76.5 Å². The average molecular weight is 506 g/mol. The van der Waals surface area contributed by atoms with Crippen LogP contribution in [0.25, 0.3) is 16.9 Å². The van der Waals surface area contributed by atoms with Crippen LogP contribution in [0.3, 0.4) is 0 Å². The SMILES string of the molecule is Cc1ccc(-c2[nH]n(-c3ccc(C)cc3)c(=O)c2C=Nc2ccc(CS(=O)(=O)O)cc2C(=O)O)cc1. The van der Waals surface area contributed by atoms with E-state index in [4.69, 9.17) is 4.55 Å². The lowest BCUT2D eigenvalue weighted by molar-refractivity contribution is 0.0697. The molecule has 4 rings (SSSR count). The second kappa shape index (κ2) is 9.76. The summed E-state index contributed by atoms with van der Waals surface area (Å²) in [4.78, 5) is 29.5. The topological polar surface area (TPSA) is 142 Å². The van der Waals surface area contributed by atoms with Gasteiger partial charge in [-0.05, 0) is 43.7 Å². The number of aromatic nitrogens is 2. The zero-order valence-electron chi connectivity index (χ0n) is 19.5. The molecule has 0 amide bonds. The normalized spacial score (nSPS) is 11.8. The van der Waals surface area contributed by atoms with E-state index in [0.29, 0.717) is 11.4 Å². The molecular weight excluding hydrogens is 482 g/mol. The van der Waals surface area contributed by atoms with Crippen molar-refractivity contribution < 1.29 is 22.9 Å². The number of H-pyrrole nitrogens is 1. The van der Waals surface area contributed by atoms with Crippen molar-refractivity contribution in [3.8, 4) is 16.9 Å². The van der Waals surface area contributed by atoms with Crippen LogP contribution in [-0.2, 0) is 15.9 Å². The summed E-state index contributed by atoms with van der Waals surface area (Å²) in [5, 5.41) is 12.7. The maximum absolute atomic E-state index is 13.4. The zero-order valence-corrected chi connectivity index (χ0v) is 20.3. The maximum atomic E-state index is 13.4. The first-order valence-electron chi connectivity index (χ1n) is 10.9. The van der Waals surface area contributed by atoms with Gasteiger partial charge in [0.2, 0.25) is 0 Å². The van der Waals surface area contributed by atoms with E-state index in [9.17, 15) is 23.1 Å². The van der Waals surface area contributed by atoms with Crippen LogP contribution in [0.1, 0.15) is 32.6 Å². The van der Waals surface area contributed by atoms with E-state index in [1.807, 2.05) is 62.4 Å².